The Labute approximate surface area is 207 Å². The minimum absolute atomic E-state index is 0.0206. The van der Waals surface area contributed by atoms with Crippen LogP contribution in [0.1, 0.15) is 22.8 Å². The van der Waals surface area contributed by atoms with Crippen molar-refractivity contribution in [2.75, 3.05) is 25.0 Å². The number of rotatable bonds is 11. The molecule has 0 saturated heterocycles. The first kappa shape index (κ1) is 26.4. The number of benzene rings is 1. The maximum absolute atomic E-state index is 12.7. The summed E-state index contributed by atoms with van der Waals surface area (Å²) in [6.45, 7) is 2.02. The van der Waals surface area contributed by atoms with Crippen molar-refractivity contribution >= 4 is 48.7 Å². The number of anilines is 1. The van der Waals surface area contributed by atoms with E-state index in [1.165, 1.54) is 43.8 Å². The largest absolute Gasteiger partial charge is 0.383 e. The van der Waals surface area contributed by atoms with E-state index in [1.807, 2.05) is 0 Å². The second kappa shape index (κ2) is 11.5. The monoisotopic (exact) mass is 537 g/mol. The molecule has 0 bridgehead atoms. The molecular formula is C21H23N5O6S3. The molecule has 0 radical (unpaired) electrons. The molecule has 2 aromatic heterocycles. The molecule has 0 atom stereocenters. The Balaban J connectivity index is 1.71. The molecule has 0 unspecified atom stereocenters. The van der Waals surface area contributed by atoms with Crippen molar-refractivity contribution in [2.24, 2.45) is 5.10 Å². The van der Waals surface area contributed by atoms with Gasteiger partial charge in [-0.05, 0) is 42.1 Å². The van der Waals surface area contributed by atoms with Gasteiger partial charge in [0, 0.05) is 26.0 Å². The summed E-state index contributed by atoms with van der Waals surface area (Å²) in [4.78, 5) is 16.7. The third-order valence-electron chi connectivity index (χ3n) is 4.58. The summed E-state index contributed by atoms with van der Waals surface area (Å²) >= 11 is 1.05. The lowest BCUT2D eigenvalue weighted by Gasteiger charge is -2.10. The molecule has 35 heavy (non-hydrogen) atoms. The molecule has 0 aliphatic rings. The van der Waals surface area contributed by atoms with Gasteiger partial charge in [0.15, 0.2) is 0 Å². The number of hydrogen-bond donors (Lipinski definition) is 3. The van der Waals surface area contributed by atoms with Gasteiger partial charge >= 0.3 is 0 Å². The highest BCUT2D eigenvalue weighted by Gasteiger charge is 2.20. The molecular weight excluding hydrogens is 514 g/mol. The van der Waals surface area contributed by atoms with Gasteiger partial charge in [-0.3, -0.25) is 14.5 Å². The third kappa shape index (κ3) is 6.93. The molecule has 0 fully saturated rings. The number of nitrogens with one attached hydrogen (secondary N) is 3. The van der Waals surface area contributed by atoms with Crippen LogP contribution in [0, 0.1) is 0 Å². The zero-order chi connectivity index (χ0) is 25.5. The van der Waals surface area contributed by atoms with E-state index in [0.29, 0.717) is 11.3 Å². The van der Waals surface area contributed by atoms with E-state index in [1.54, 1.807) is 30.5 Å². The van der Waals surface area contributed by atoms with E-state index in [9.17, 15) is 21.6 Å². The second-order valence-corrected chi connectivity index (χ2v) is 11.6. The first-order valence-corrected chi connectivity index (χ1v) is 13.9. The molecule has 3 aromatic rings. The van der Waals surface area contributed by atoms with Gasteiger partial charge in [0.2, 0.25) is 10.0 Å². The molecule has 14 heteroatoms. The van der Waals surface area contributed by atoms with Crippen LogP contribution in [0.5, 0.6) is 0 Å². The van der Waals surface area contributed by atoms with Crippen LogP contribution < -0.4 is 14.9 Å². The van der Waals surface area contributed by atoms with Crippen LogP contribution in [0.3, 0.4) is 0 Å². The van der Waals surface area contributed by atoms with E-state index < -0.39 is 26.0 Å². The summed E-state index contributed by atoms with van der Waals surface area (Å²) < 4.78 is 59.3. The first-order chi connectivity index (χ1) is 16.6. The number of aromatic nitrogens is 1. The minimum Gasteiger partial charge on any atom is -0.383 e. The second-order valence-electron chi connectivity index (χ2n) is 7.01. The maximum Gasteiger partial charge on any atom is 0.275 e. The number of sulfonamides is 2. The average molecular weight is 538 g/mol. The van der Waals surface area contributed by atoms with E-state index in [-0.39, 0.29) is 33.5 Å². The van der Waals surface area contributed by atoms with Crippen LogP contribution in [0.4, 0.5) is 5.69 Å². The predicted octanol–water partition coefficient (Wildman–Crippen LogP) is 2.02. The third-order valence-corrected chi connectivity index (χ3v) is 8.82. The molecule has 3 N–H and O–H groups in total. The van der Waals surface area contributed by atoms with Crippen LogP contribution in [0.15, 0.2) is 74.4 Å². The number of carbonyl (C=O) groups is 1. The number of pyridine rings is 1. The number of carbonyl (C=O) groups excluding carboxylic acids is 1. The summed E-state index contributed by atoms with van der Waals surface area (Å²) in [7, 11) is -6.06. The van der Waals surface area contributed by atoms with Crippen LogP contribution in [0.2, 0.25) is 0 Å². The first-order valence-electron chi connectivity index (χ1n) is 10.1. The fraction of sp³-hybridized carbons (Fsp3) is 0.190. The highest BCUT2D eigenvalue weighted by molar-refractivity contribution is 7.94. The van der Waals surface area contributed by atoms with Gasteiger partial charge in [0.05, 0.1) is 28.5 Å². The molecule has 0 saturated carbocycles. The fourth-order valence-corrected chi connectivity index (χ4v) is 5.86. The van der Waals surface area contributed by atoms with Crippen molar-refractivity contribution in [1.82, 2.24) is 15.1 Å². The number of ether oxygens (including phenoxy) is 1. The maximum atomic E-state index is 12.7. The smallest absolute Gasteiger partial charge is 0.275 e. The standard InChI is InChI=1S/C21H23N5O6S3/c1-15(16-5-7-17(8-6-16)34(28,29)23-11-12-32-2)24-25-21(27)18-14-22-10-9-19(18)26-35(30,31)20-4-3-13-33-20/h3-10,13-14,23H,11-12H2,1-2H3,(H,22,26)(H,25,27)/b24-15-. The molecule has 3 rings (SSSR count). The molecule has 11 nitrogen and oxygen atoms in total. The molecule has 0 aliphatic carbocycles. The van der Waals surface area contributed by atoms with Crippen molar-refractivity contribution in [3.05, 3.63) is 71.4 Å². The highest BCUT2D eigenvalue weighted by atomic mass is 32.2. The van der Waals surface area contributed by atoms with E-state index in [0.717, 1.165) is 11.3 Å². The summed E-state index contributed by atoms with van der Waals surface area (Å²) in [6.07, 6.45) is 2.58. The Morgan fingerprint density at radius 2 is 1.83 bits per heavy atom. The van der Waals surface area contributed by atoms with Crippen molar-refractivity contribution in [3.63, 3.8) is 0 Å². The quantitative estimate of drug-likeness (QED) is 0.192. The van der Waals surface area contributed by atoms with Crippen molar-refractivity contribution in [1.29, 1.82) is 0 Å². The van der Waals surface area contributed by atoms with E-state index in [2.05, 4.69) is 25.0 Å². The normalized spacial score (nSPS) is 12.3. The van der Waals surface area contributed by atoms with Crippen molar-refractivity contribution < 1.29 is 26.4 Å². The number of nitrogens with zero attached hydrogens (tertiary/aromatic N) is 2. The Morgan fingerprint density at radius 1 is 1.09 bits per heavy atom. The summed E-state index contributed by atoms with van der Waals surface area (Å²) in [5.74, 6) is -0.678. The van der Waals surface area contributed by atoms with Crippen LogP contribution in [-0.2, 0) is 24.8 Å². The Hall–Kier alpha value is -3.17. The lowest BCUT2D eigenvalue weighted by molar-refractivity contribution is 0.0955. The van der Waals surface area contributed by atoms with E-state index >= 15 is 0 Å². The van der Waals surface area contributed by atoms with Gasteiger partial charge in [0.1, 0.15) is 4.21 Å². The Kier molecular flexibility index (Phi) is 8.69. The van der Waals surface area contributed by atoms with Gasteiger partial charge in [-0.15, -0.1) is 11.3 Å². The van der Waals surface area contributed by atoms with Crippen molar-refractivity contribution in [2.45, 2.75) is 16.0 Å². The number of methoxy groups -OCH3 is 1. The molecule has 1 amide bonds. The summed E-state index contributed by atoms with van der Waals surface area (Å²) in [6, 6.07) is 10.4. The average Bonchev–Trinajstić information content (AvgIpc) is 3.39. The Bertz CT molecular complexity index is 1400. The lowest BCUT2D eigenvalue weighted by atomic mass is 10.1. The molecule has 0 spiro atoms. The molecule has 1 aromatic carbocycles. The van der Waals surface area contributed by atoms with Crippen LogP contribution >= 0.6 is 11.3 Å². The van der Waals surface area contributed by atoms with Gasteiger partial charge in [-0.25, -0.2) is 27.0 Å². The lowest BCUT2D eigenvalue weighted by Crippen LogP contribution is -2.27. The van der Waals surface area contributed by atoms with Crippen LogP contribution in [-0.4, -0.2) is 53.7 Å². The number of amides is 1. The predicted molar refractivity (Wildman–Crippen MR) is 133 cm³/mol. The number of hydrazone groups is 1. The minimum atomic E-state index is -3.86. The van der Waals surface area contributed by atoms with Crippen molar-refractivity contribution in [3.8, 4) is 0 Å². The summed E-state index contributed by atoms with van der Waals surface area (Å²) in [5, 5.41) is 5.67. The zero-order valence-electron chi connectivity index (χ0n) is 18.8. The number of hydrogen-bond acceptors (Lipinski definition) is 9. The van der Waals surface area contributed by atoms with Gasteiger partial charge in [-0.2, -0.15) is 5.10 Å². The van der Waals surface area contributed by atoms with Gasteiger partial charge in [-0.1, -0.05) is 18.2 Å². The molecule has 2 heterocycles. The summed E-state index contributed by atoms with van der Waals surface area (Å²) in [5.41, 5.74) is 3.38. The molecule has 0 aliphatic heterocycles. The highest BCUT2D eigenvalue weighted by Crippen LogP contribution is 2.22. The SMILES string of the molecule is COCCNS(=O)(=O)c1ccc(/C(C)=N\NC(=O)c2cnccc2NS(=O)(=O)c2cccs2)cc1. The topological polar surface area (TPSA) is 156 Å². The Morgan fingerprint density at radius 3 is 2.49 bits per heavy atom. The van der Waals surface area contributed by atoms with Gasteiger partial charge < -0.3 is 4.74 Å². The number of thiophene rings is 1. The molecule has 186 valence electrons. The van der Waals surface area contributed by atoms with Gasteiger partial charge in [0.25, 0.3) is 15.9 Å². The fourth-order valence-electron chi connectivity index (χ4n) is 2.77. The van der Waals surface area contributed by atoms with Crippen LogP contribution in [0.25, 0.3) is 0 Å². The van der Waals surface area contributed by atoms with E-state index in [4.69, 9.17) is 4.74 Å². The zero-order valence-corrected chi connectivity index (χ0v) is 21.2.